The molecule has 1 rings (SSSR count). The van der Waals surface area contributed by atoms with E-state index in [1.54, 1.807) is 7.11 Å². The van der Waals surface area contributed by atoms with Gasteiger partial charge < -0.3 is 16.2 Å². The molecule has 4 N–H and O–H groups in total. The van der Waals surface area contributed by atoms with Crippen LogP contribution in [0.5, 0.6) is 0 Å². The molecule has 9 heavy (non-hydrogen) atoms. The van der Waals surface area contributed by atoms with E-state index in [0.29, 0.717) is 6.10 Å². The van der Waals surface area contributed by atoms with E-state index in [0.717, 1.165) is 12.8 Å². The molecule has 0 spiro atoms. The quantitative estimate of drug-likeness (QED) is 0.500. The third-order valence-corrected chi connectivity index (χ3v) is 1.95. The van der Waals surface area contributed by atoms with Crippen molar-refractivity contribution >= 4 is 0 Å². The molecule has 54 valence electrons. The van der Waals surface area contributed by atoms with Gasteiger partial charge in [0.25, 0.3) is 0 Å². The molecule has 0 radical (unpaired) electrons. The van der Waals surface area contributed by atoms with Gasteiger partial charge in [-0.2, -0.15) is 0 Å². The molecule has 0 unspecified atom stereocenters. The maximum atomic E-state index is 5.64. The maximum Gasteiger partial charge on any atom is 0.0602 e. The van der Waals surface area contributed by atoms with Crippen LogP contribution in [0.4, 0.5) is 0 Å². The second-order valence-corrected chi connectivity index (χ2v) is 2.66. The number of hydrogen-bond donors (Lipinski definition) is 2. The summed E-state index contributed by atoms with van der Waals surface area (Å²) in [7, 11) is 1.70. The predicted molar refractivity (Wildman–Crippen MR) is 36.0 cm³/mol. The normalized spacial score (nSPS) is 37.7. The fourth-order valence-electron chi connectivity index (χ4n) is 1.25. The van der Waals surface area contributed by atoms with Crippen molar-refractivity contribution in [1.29, 1.82) is 0 Å². The summed E-state index contributed by atoms with van der Waals surface area (Å²) < 4.78 is 5.09. The lowest BCUT2D eigenvalue weighted by molar-refractivity contribution is 0.107. The van der Waals surface area contributed by atoms with E-state index < -0.39 is 0 Å². The SMILES string of the molecule is COC1C[C@H](N)[C@@H](N)C1. The number of methoxy groups -OCH3 is 1. The summed E-state index contributed by atoms with van der Waals surface area (Å²) in [5.41, 5.74) is 11.3. The Bertz CT molecular complexity index is 87.1. The maximum absolute atomic E-state index is 5.64. The van der Waals surface area contributed by atoms with Crippen molar-refractivity contribution in [1.82, 2.24) is 0 Å². The molecule has 2 atom stereocenters. The molecule has 0 aliphatic heterocycles. The van der Waals surface area contributed by atoms with Crippen molar-refractivity contribution in [3.8, 4) is 0 Å². The van der Waals surface area contributed by atoms with Crippen molar-refractivity contribution < 1.29 is 4.74 Å². The first-order chi connectivity index (χ1) is 4.24. The Morgan fingerprint density at radius 2 is 1.67 bits per heavy atom. The van der Waals surface area contributed by atoms with Gasteiger partial charge in [-0.25, -0.2) is 0 Å². The zero-order valence-corrected chi connectivity index (χ0v) is 5.71. The Labute approximate surface area is 55.4 Å². The largest absolute Gasteiger partial charge is 0.381 e. The van der Waals surface area contributed by atoms with Gasteiger partial charge in [-0.1, -0.05) is 0 Å². The average Bonchev–Trinajstić information content (AvgIpc) is 2.13. The van der Waals surface area contributed by atoms with Crippen LogP contribution in [0, 0.1) is 0 Å². The van der Waals surface area contributed by atoms with E-state index in [-0.39, 0.29) is 12.1 Å². The summed E-state index contributed by atoms with van der Waals surface area (Å²) in [5, 5.41) is 0. The smallest absolute Gasteiger partial charge is 0.0602 e. The monoisotopic (exact) mass is 130 g/mol. The third kappa shape index (κ3) is 1.41. The van der Waals surface area contributed by atoms with Crippen molar-refractivity contribution in [2.24, 2.45) is 11.5 Å². The highest BCUT2D eigenvalue weighted by molar-refractivity contribution is 4.89. The minimum Gasteiger partial charge on any atom is -0.381 e. The Balaban J connectivity index is 2.35. The fraction of sp³-hybridized carbons (Fsp3) is 1.00. The van der Waals surface area contributed by atoms with Gasteiger partial charge >= 0.3 is 0 Å². The molecule has 0 saturated heterocycles. The Hall–Kier alpha value is -0.120. The van der Waals surface area contributed by atoms with Gasteiger partial charge in [0.1, 0.15) is 0 Å². The number of ether oxygens (including phenoxy) is 1. The van der Waals surface area contributed by atoms with Crippen LogP contribution in [0.2, 0.25) is 0 Å². The third-order valence-electron chi connectivity index (χ3n) is 1.95. The molecule has 0 amide bonds. The Morgan fingerprint density at radius 3 is 1.89 bits per heavy atom. The Morgan fingerprint density at radius 1 is 1.22 bits per heavy atom. The van der Waals surface area contributed by atoms with Gasteiger partial charge in [-0.15, -0.1) is 0 Å². The molecule has 0 aromatic carbocycles. The zero-order chi connectivity index (χ0) is 6.85. The van der Waals surface area contributed by atoms with E-state index >= 15 is 0 Å². The van der Waals surface area contributed by atoms with Gasteiger partial charge in [-0.05, 0) is 12.8 Å². The van der Waals surface area contributed by atoms with Crippen LogP contribution < -0.4 is 11.5 Å². The second-order valence-electron chi connectivity index (χ2n) is 2.66. The summed E-state index contributed by atoms with van der Waals surface area (Å²) in [6.07, 6.45) is 2.13. The van der Waals surface area contributed by atoms with E-state index in [4.69, 9.17) is 16.2 Å². The van der Waals surface area contributed by atoms with E-state index in [1.165, 1.54) is 0 Å². The minimum atomic E-state index is 0.148. The molecule has 1 aliphatic carbocycles. The highest BCUT2D eigenvalue weighted by Gasteiger charge is 2.28. The number of nitrogens with two attached hydrogens (primary N) is 2. The lowest BCUT2D eigenvalue weighted by atomic mass is 10.2. The standard InChI is InChI=1S/C6H14N2O/c1-9-4-2-5(7)6(8)3-4/h4-6H,2-3,7-8H2,1H3/t5-,6-/m0/s1. The molecule has 0 bridgehead atoms. The minimum absolute atomic E-state index is 0.148. The van der Waals surface area contributed by atoms with Crippen LogP contribution in [0.1, 0.15) is 12.8 Å². The molecule has 1 aliphatic rings. The molecule has 0 aromatic heterocycles. The van der Waals surface area contributed by atoms with Gasteiger partial charge in [-0.3, -0.25) is 0 Å². The Kier molecular flexibility index (Phi) is 2.05. The van der Waals surface area contributed by atoms with Crippen molar-refractivity contribution in [3.05, 3.63) is 0 Å². The van der Waals surface area contributed by atoms with Crippen LogP contribution in [0.15, 0.2) is 0 Å². The highest BCUT2D eigenvalue weighted by Crippen LogP contribution is 2.18. The highest BCUT2D eigenvalue weighted by atomic mass is 16.5. The first-order valence-corrected chi connectivity index (χ1v) is 3.28. The molecule has 3 heteroatoms. The van der Waals surface area contributed by atoms with Gasteiger partial charge in [0, 0.05) is 19.2 Å². The van der Waals surface area contributed by atoms with Crippen LogP contribution >= 0.6 is 0 Å². The van der Waals surface area contributed by atoms with E-state index in [9.17, 15) is 0 Å². The molecule has 3 nitrogen and oxygen atoms in total. The van der Waals surface area contributed by atoms with Crippen LogP contribution in [0.3, 0.4) is 0 Å². The second kappa shape index (κ2) is 2.64. The predicted octanol–water partition coefficient (Wildman–Crippen LogP) is -0.550. The summed E-state index contributed by atoms with van der Waals surface area (Å²) in [6.45, 7) is 0. The first-order valence-electron chi connectivity index (χ1n) is 3.28. The van der Waals surface area contributed by atoms with Crippen molar-refractivity contribution in [2.75, 3.05) is 7.11 Å². The molecular weight excluding hydrogens is 116 g/mol. The van der Waals surface area contributed by atoms with Crippen LogP contribution in [-0.2, 0) is 4.74 Å². The molecule has 1 fully saturated rings. The average molecular weight is 130 g/mol. The van der Waals surface area contributed by atoms with Gasteiger partial charge in [0.2, 0.25) is 0 Å². The van der Waals surface area contributed by atoms with Gasteiger partial charge in [0.15, 0.2) is 0 Å². The molecule has 0 heterocycles. The molecule has 0 aromatic rings. The summed E-state index contributed by atoms with van der Waals surface area (Å²) in [4.78, 5) is 0. The van der Waals surface area contributed by atoms with Crippen LogP contribution in [-0.4, -0.2) is 25.3 Å². The summed E-state index contributed by atoms with van der Waals surface area (Å²) >= 11 is 0. The fourth-order valence-corrected chi connectivity index (χ4v) is 1.25. The van der Waals surface area contributed by atoms with Crippen molar-refractivity contribution in [3.63, 3.8) is 0 Å². The zero-order valence-electron chi connectivity index (χ0n) is 5.71. The summed E-state index contributed by atoms with van der Waals surface area (Å²) in [6, 6.07) is 0.296. The first kappa shape index (κ1) is 6.99. The lowest BCUT2D eigenvalue weighted by Crippen LogP contribution is -2.35. The molecule has 1 saturated carbocycles. The topological polar surface area (TPSA) is 61.3 Å². The van der Waals surface area contributed by atoms with Crippen molar-refractivity contribution in [2.45, 2.75) is 31.0 Å². The summed E-state index contributed by atoms with van der Waals surface area (Å²) in [5.74, 6) is 0. The lowest BCUT2D eigenvalue weighted by Gasteiger charge is -2.05. The molecular formula is C6H14N2O. The van der Waals surface area contributed by atoms with Gasteiger partial charge in [0.05, 0.1) is 6.10 Å². The number of hydrogen-bond acceptors (Lipinski definition) is 3. The van der Waals surface area contributed by atoms with E-state index in [2.05, 4.69) is 0 Å². The van der Waals surface area contributed by atoms with E-state index in [1.807, 2.05) is 0 Å². The number of rotatable bonds is 1. The van der Waals surface area contributed by atoms with Crippen LogP contribution in [0.25, 0.3) is 0 Å².